The fourth-order valence-electron chi connectivity index (χ4n) is 2.17. The SMILES string of the molecule is NCCC(CCCCO)OC(CCN)CCCCO. The number of nitrogens with two attached hydrogens (primary N) is 2. The van der Waals surface area contributed by atoms with Crippen LogP contribution in [0.1, 0.15) is 51.4 Å². The van der Waals surface area contributed by atoms with Crippen LogP contribution >= 0.6 is 0 Å². The second-order valence-electron chi connectivity index (χ2n) is 4.97. The van der Waals surface area contributed by atoms with Crippen LogP contribution in [-0.4, -0.2) is 48.7 Å². The van der Waals surface area contributed by atoms with Gasteiger partial charge in [0, 0.05) is 13.2 Å². The highest BCUT2D eigenvalue weighted by atomic mass is 16.5. The Labute approximate surface area is 117 Å². The lowest BCUT2D eigenvalue weighted by atomic mass is 10.1. The summed E-state index contributed by atoms with van der Waals surface area (Å²) in [6.45, 7) is 1.71. The van der Waals surface area contributed by atoms with Gasteiger partial charge in [0.25, 0.3) is 0 Å². The molecule has 0 bridgehead atoms. The summed E-state index contributed by atoms with van der Waals surface area (Å²) in [5.41, 5.74) is 11.2. The molecule has 0 aromatic heterocycles. The maximum atomic E-state index is 8.81. The van der Waals surface area contributed by atoms with Gasteiger partial charge in [0.1, 0.15) is 0 Å². The van der Waals surface area contributed by atoms with Crippen molar-refractivity contribution in [2.45, 2.75) is 63.6 Å². The molecule has 0 saturated heterocycles. The van der Waals surface area contributed by atoms with Crippen LogP contribution in [0, 0.1) is 0 Å². The Hall–Kier alpha value is -0.200. The molecule has 0 radical (unpaired) electrons. The predicted octanol–water partition coefficient (Wildman–Crippen LogP) is 0.763. The number of rotatable bonds is 14. The van der Waals surface area contributed by atoms with Gasteiger partial charge in [0.15, 0.2) is 0 Å². The average Bonchev–Trinajstić information content (AvgIpc) is 2.39. The van der Waals surface area contributed by atoms with Gasteiger partial charge >= 0.3 is 0 Å². The molecule has 2 atom stereocenters. The molecule has 0 fully saturated rings. The lowest BCUT2D eigenvalue weighted by Crippen LogP contribution is -2.27. The van der Waals surface area contributed by atoms with E-state index in [-0.39, 0.29) is 25.4 Å². The van der Waals surface area contributed by atoms with Crippen molar-refractivity contribution in [3.63, 3.8) is 0 Å². The summed E-state index contributed by atoms with van der Waals surface area (Å²) in [4.78, 5) is 0. The average molecular weight is 276 g/mol. The number of ether oxygens (including phenoxy) is 1. The molecule has 0 aromatic carbocycles. The molecule has 0 aliphatic rings. The van der Waals surface area contributed by atoms with E-state index in [4.69, 9.17) is 26.4 Å². The van der Waals surface area contributed by atoms with Crippen LogP contribution in [0.25, 0.3) is 0 Å². The van der Waals surface area contributed by atoms with Crippen LogP contribution in [0.15, 0.2) is 0 Å². The van der Waals surface area contributed by atoms with Gasteiger partial charge in [-0.25, -0.2) is 0 Å². The topological polar surface area (TPSA) is 102 Å². The van der Waals surface area contributed by atoms with Crippen molar-refractivity contribution in [2.75, 3.05) is 26.3 Å². The van der Waals surface area contributed by atoms with Gasteiger partial charge in [0.2, 0.25) is 0 Å². The highest BCUT2D eigenvalue weighted by Crippen LogP contribution is 2.16. The summed E-state index contributed by atoms with van der Waals surface area (Å²) in [6.07, 6.45) is 7.49. The Bertz CT molecular complexity index is 164. The smallest absolute Gasteiger partial charge is 0.0591 e. The van der Waals surface area contributed by atoms with E-state index >= 15 is 0 Å². The number of aliphatic hydroxyl groups excluding tert-OH is 2. The van der Waals surface area contributed by atoms with Crippen molar-refractivity contribution < 1.29 is 14.9 Å². The van der Waals surface area contributed by atoms with Crippen molar-refractivity contribution >= 4 is 0 Å². The molecule has 6 N–H and O–H groups in total. The maximum absolute atomic E-state index is 8.81. The van der Waals surface area contributed by atoms with Crippen molar-refractivity contribution in [1.29, 1.82) is 0 Å². The van der Waals surface area contributed by atoms with Crippen LogP contribution < -0.4 is 11.5 Å². The van der Waals surface area contributed by atoms with Gasteiger partial charge in [0.05, 0.1) is 12.2 Å². The molecular weight excluding hydrogens is 244 g/mol. The molecule has 0 rings (SSSR count). The minimum Gasteiger partial charge on any atom is -0.396 e. The first kappa shape index (κ1) is 18.8. The van der Waals surface area contributed by atoms with E-state index in [1.165, 1.54) is 0 Å². The predicted molar refractivity (Wildman–Crippen MR) is 77.9 cm³/mol. The third kappa shape index (κ3) is 11.3. The summed E-state index contributed by atoms with van der Waals surface area (Å²) in [5, 5.41) is 17.6. The minimum atomic E-state index is 0.169. The molecule has 5 nitrogen and oxygen atoms in total. The molecule has 0 saturated carbocycles. The van der Waals surface area contributed by atoms with Crippen molar-refractivity contribution in [1.82, 2.24) is 0 Å². The van der Waals surface area contributed by atoms with Gasteiger partial charge in [-0.2, -0.15) is 0 Å². The van der Waals surface area contributed by atoms with E-state index in [2.05, 4.69) is 0 Å². The summed E-state index contributed by atoms with van der Waals surface area (Å²) in [7, 11) is 0. The maximum Gasteiger partial charge on any atom is 0.0591 e. The van der Waals surface area contributed by atoms with E-state index in [0.29, 0.717) is 13.1 Å². The van der Waals surface area contributed by atoms with Crippen molar-refractivity contribution in [3.05, 3.63) is 0 Å². The molecule has 0 amide bonds. The van der Waals surface area contributed by atoms with Crippen LogP contribution in [0.5, 0.6) is 0 Å². The zero-order valence-electron chi connectivity index (χ0n) is 12.1. The van der Waals surface area contributed by atoms with Crippen molar-refractivity contribution in [2.24, 2.45) is 11.5 Å². The van der Waals surface area contributed by atoms with E-state index in [1.807, 2.05) is 0 Å². The zero-order valence-corrected chi connectivity index (χ0v) is 12.1. The molecule has 0 heterocycles. The van der Waals surface area contributed by atoms with Crippen molar-refractivity contribution in [3.8, 4) is 0 Å². The first-order valence-corrected chi connectivity index (χ1v) is 7.55. The van der Waals surface area contributed by atoms with Crippen LogP contribution in [0.2, 0.25) is 0 Å². The Morgan fingerprint density at radius 3 is 1.42 bits per heavy atom. The van der Waals surface area contributed by atoms with E-state index in [9.17, 15) is 0 Å². The quantitative estimate of drug-likeness (QED) is 0.351. The molecule has 0 aliphatic heterocycles. The third-order valence-corrected chi connectivity index (χ3v) is 3.23. The number of unbranched alkanes of at least 4 members (excludes halogenated alkanes) is 2. The number of hydrogen-bond acceptors (Lipinski definition) is 5. The fourth-order valence-corrected chi connectivity index (χ4v) is 2.17. The van der Waals surface area contributed by atoms with Crippen LogP contribution in [0.4, 0.5) is 0 Å². The molecular formula is C14H32N2O3. The highest BCUT2D eigenvalue weighted by molar-refractivity contribution is 4.66. The summed E-state index contributed by atoms with van der Waals surface area (Å²) in [6, 6.07) is 0. The Morgan fingerprint density at radius 2 is 1.11 bits per heavy atom. The second kappa shape index (κ2) is 14.2. The van der Waals surface area contributed by atoms with Gasteiger partial charge in [-0.05, 0) is 64.5 Å². The Balaban J connectivity index is 4.05. The summed E-state index contributed by atoms with van der Waals surface area (Å²) >= 11 is 0. The van der Waals surface area contributed by atoms with Gasteiger partial charge < -0.3 is 26.4 Å². The molecule has 0 aliphatic carbocycles. The summed E-state index contributed by atoms with van der Waals surface area (Å²) in [5.74, 6) is 0. The van der Waals surface area contributed by atoms with E-state index < -0.39 is 0 Å². The molecule has 19 heavy (non-hydrogen) atoms. The Morgan fingerprint density at radius 1 is 0.684 bits per heavy atom. The highest BCUT2D eigenvalue weighted by Gasteiger charge is 2.15. The Kier molecular flexibility index (Phi) is 14.1. The van der Waals surface area contributed by atoms with Gasteiger partial charge in [-0.1, -0.05) is 0 Å². The molecule has 5 heteroatoms. The molecule has 116 valence electrons. The largest absolute Gasteiger partial charge is 0.396 e. The third-order valence-electron chi connectivity index (χ3n) is 3.23. The standard InChI is InChI=1S/C14H32N2O3/c15-9-7-13(5-1-3-11-17)19-14(8-10-16)6-2-4-12-18/h13-14,17-18H,1-12,15-16H2. The lowest BCUT2D eigenvalue weighted by Gasteiger charge is -2.24. The fraction of sp³-hybridized carbons (Fsp3) is 1.00. The molecule has 2 unspecified atom stereocenters. The van der Waals surface area contributed by atoms with E-state index in [1.54, 1.807) is 0 Å². The monoisotopic (exact) mass is 276 g/mol. The van der Waals surface area contributed by atoms with E-state index in [0.717, 1.165) is 51.4 Å². The number of hydrogen-bond donors (Lipinski definition) is 4. The minimum absolute atomic E-state index is 0.169. The zero-order chi connectivity index (χ0) is 14.3. The van der Waals surface area contributed by atoms with Crippen LogP contribution in [0.3, 0.4) is 0 Å². The summed E-state index contributed by atoms with van der Waals surface area (Å²) < 4.78 is 6.10. The first-order valence-electron chi connectivity index (χ1n) is 7.55. The van der Waals surface area contributed by atoms with Gasteiger partial charge in [-0.3, -0.25) is 0 Å². The lowest BCUT2D eigenvalue weighted by molar-refractivity contribution is -0.0284. The van der Waals surface area contributed by atoms with Crippen LogP contribution in [-0.2, 0) is 4.74 Å². The second-order valence-corrected chi connectivity index (χ2v) is 4.97. The molecule has 0 aromatic rings. The number of aliphatic hydroxyl groups is 2. The molecule has 0 spiro atoms. The van der Waals surface area contributed by atoms with Gasteiger partial charge in [-0.15, -0.1) is 0 Å². The first-order chi connectivity index (χ1) is 9.28. The normalized spacial score (nSPS) is 14.5.